The number of benzene rings is 2. The highest BCUT2D eigenvalue weighted by Crippen LogP contribution is 2.13. The molecule has 1 amide bonds. The van der Waals surface area contributed by atoms with Gasteiger partial charge in [-0.3, -0.25) is 4.79 Å². The predicted octanol–water partition coefficient (Wildman–Crippen LogP) is 4.83. The van der Waals surface area contributed by atoms with Crippen molar-refractivity contribution in [2.45, 2.75) is 20.0 Å². The lowest BCUT2D eigenvalue weighted by atomic mass is 10.1. The molecule has 0 radical (unpaired) electrons. The van der Waals surface area contributed by atoms with Crippen LogP contribution in [0.3, 0.4) is 0 Å². The molecule has 0 saturated carbocycles. The Hall–Kier alpha value is -3.07. The molecule has 0 N–H and O–H groups in total. The third kappa shape index (κ3) is 4.95. The summed E-state index contributed by atoms with van der Waals surface area (Å²) in [7, 11) is 0. The Morgan fingerprint density at radius 3 is 1.92 bits per heavy atom. The minimum absolute atomic E-state index is 0.0400. The fourth-order valence-corrected chi connectivity index (χ4v) is 2.62. The summed E-state index contributed by atoms with van der Waals surface area (Å²) < 4.78 is 5.49. The Kier molecular flexibility index (Phi) is 5.47. The molecule has 0 aliphatic heterocycles. The molecule has 0 aliphatic carbocycles. The Morgan fingerprint density at radius 1 is 0.880 bits per heavy atom. The van der Waals surface area contributed by atoms with Gasteiger partial charge in [0.1, 0.15) is 11.5 Å². The zero-order valence-corrected chi connectivity index (χ0v) is 14.3. The number of hydrogen-bond acceptors (Lipinski definition) is 2. The predicted molar refractivity (Wildman–Crippen MR) is 99.6 cm³/mol. The van der Waals surface area contributed by atoms with Gasteiger partial charge in [0.15, 0.2) is 0 Å². The molecule has 1 heterocycles. The van der Waals surface area contributed by atoms with Crippen LogP contribution in [0.1, 0.15) is 22.6 Å². The summed E-state index contributed by atoms with van der Waals surface area (Å²) in [5.41, 5.74) is 2.21. The summed E-state index contributed by atoms with van der Waals surface area (Å²) >= 11 is 0. The lowest BCUT2D eigenvalue weighted by Crippen LogP contribution is -2.28. The molecule has 2 aromatic carbocycles. The highest BCUT2D eigenvalue weighted by Gasteiger charge is 2.12. The smallest absolute Gasteiger partial charge is 0.247 e. The zero-order valence-electron chi connectivity index (χ0n) is 14.3. The summed E-state index contributed by atoms with van der Waals surface area (Å²) in [6, 6.07) is 23.8. The highest BCUT2D eigenvalue weighted by atomic mass is 16.3. The van der Waals surface area contributed by atoms with Gasteiger partial charge in [-0.1, -0.05) is 60.7 Å². The number of carbonyl (C=O) groups is 1. The minimum Gasteiger partial charge on any atom is -0.462 e. The van der Waals surface area contributed by atoms with Crippen molar-refractivity contribution in [3.63, 3.8) is 0 Å². The molecule has 126 valence electrons. The van der Waals surface area contributed by atoms with E-state index < -0.39 is 0 Å². The fraction of sp³-hybridized carbons (Fsp3) is 0.136. The van der Waals surface area contributed by atoms with Crippen LogP contribution in [0, 0.1) is 6.92 Å². The summed E-state index contributed by atoms with van der Waals surface area (Å²) in [6.07, 6.45) is 3.29. The van der Waals surface area contributed by atoms with Gasteiger partial charge in [0.05, 0.1) is 0 Å². The van der Waals surface area contributed by atoms with Gasteiger partial charge >= 0.3 is 0 Å². The van der Waals surface area contributed by atoms with Crippen LogP contribution in [0.15, 0.2) is 83.3 Å². The van der Waals surface area contributed by atoms with Gasteiger partial charge in [-0.05, 0) is 36.3 Å². The van der Waals surface area contributed by atoms with Crippen molar-refractivity contribution >= 4 is 12.0 Å². The second kappa shape index (κ2) is 8.15. The maximum absolute atomic E-state index is 12.7. The minimum atomic E-state index is -0.0400. The molecule has 0 fully saturated rings. The van der Waals surface area contributed by atoms with Crippen LogP contribution < -0.4 is 0 Å². The Bertz CT molecular complexity index is 793. The Morgan fingerprint density at radius 2 is 1.44 bits per heavy atom. The average molecular weight is 331 g/mol. The number of rotatable bonds is 6. The van der Waals surface area contributed by atoms with Crippen LogP contribution in [-0.4, -0.2) is 10.8 Å². The van der Waals surface area contributed by atoms with Crippen molar-refractivity contribution in [2.75, 3.05) is 0 Å². The Labute approximate surface area is 148 Å². The zero-order chi connectivity index (χ0) is 17.5. The molecule has 0 spiro atoms. The van der Waals surface area contributed by atoms with Crippen LogP contribution in [0.25, 0.3) is 6.08 Å². The molecular weight excluding hydrogens is 310 g/mol. The number of carbonyl (C=O) groups excluding carboxylic acids is 1. The molecule has 1 aromatic heterocycles. The largest absolute Gasteiger partial charge is 0.462 e. The van der Waals surface area contributed by atoms with E-state index in [1.54, 1.807) is 12.2 Å². The average Bonchev–Trinajstić information content (AvgIpc) is 3.06. The van der Waals surface area contributed by atoms with E-state index in [-0.39, 0.29) is 5.91 Å². The van der Waals surface area contributed by atoms with Crippen LogP contribution in [-0.2, 0) is 17.9 Å². The molecule has 0 bridgehead atoms. The van der Waals surface area contributed by atoms with E-state index in [2.05, 4.69) is 0 Å². The number of nitrogens with zero attached hydrogens (tertiary/aromatic N) is 1. The van der Waals surface area contributed by atoms with Gasteiger partial charge < -0.3 is 9.32 Å². The van der Waals surface area contributed by atoms with Gasteiger partial charge in [0, 0.05) is 19.2 Å². The van der Waals surface area contributed by atoms with E-state index in [9.17, 15) is 4.79 Å². The van der Waals surface area contributed by atoms with Crippen molar-refractivity contribution < 1.29 is 9.21 Å². The van der Waals surface area contributed by atoms with Gasteiger partial charge in [-0.15, -0.1) is 0 Å². The molecule has 0 aliphatic rings. The first-order chi connectivity index (χ1) is 12.2. The van der Waals surface area contributed by atoms with E-state index in [0.717, 1.165) is 16.9 Å². The molecule has 3 aromatic rings. The van der Waals surface area contributed by atoms with Crippen LogP contribution in [0.5, 0.6) is 0 Å². The van der Waals surface area contributed by atoms with Gasteiger partial charge in [-0.25, -0.2) is 0 Å². The van der Waals surface area contributed by atoms with Gasteiger partial charge in [0.25, 0.3) is 0 Å². The van der Waals surface area contributed by atoms with Gasteiger partial charge in [0.2, 0.25) is 5.91 Å². The first-order valence-corrected chi connectivity index (χ1v) is 8.32. The van der Waals surface area contributed by atoms with Crippen LogP contribution in [0.4, 0.5) is 0 Å². The number of amides is 1. The van der Waals surface area contributed by atoms with Crippen LogP contribution >= 0.6 is 0 Å². The normalized spacial score (nSPS) is 10.9. The SMILES string of the molecule is Cc1ccc(C=CC(=O)N(Cc2ccccc2)Cc2ccccc2)o1. The lowest BCUT2D eigenvalue weighted by Gasteiger charge is -2.21. The van der Waals surface area contributed by atoms with Crippen molar-refractivity contribution in [2.24, 2.45) is 0 Å². The van der Waals surface area contributed by atoms with E-state index in [4.69, 9.17) is 4.42 Å². The molecule has 3 heteroatoms. The number of aryl methyl sites for hydroxylation is 1. The number of hydrogen-bond donors (Lipinski definition) is 0. The van der Waals surface area contributed by atoms with Crippen molar-refractivity contribution in [1.29, 1.82) is 0 Å². The van der Waals surface area contributed by atoms with Crippen molar-refractivity contribution in [3.8, 4) is 0 Å². The topological polar surface area (TPSA) is 33.5 Å². The van der Waals surface area contributed by atoms with E-state index >= 15 is 0 Å². The summed E-state index contributed by atoms with van der Waals surface area (Å²) in [4.78, 5) is 14.6. The van der Waals surface area contributed by atoms with Crippen molar-refractivity contribution in [1.82, 2.24) is 4.90 Å². The standard InChI is InChI=1S/C22H21NO2/c1-18-12-13-21(25-18)14-15-22(24)23(16-19-8-4-2-5-9-19)17-20-10-6-3-7-11-20/h2-15H,16-17H2,1H3. The molecule has 25 heavy (non-hydrogen) atoms. The summed E-state index contributed by atoms with van der Waals surface area (Å²) in [5, 5.41) is 0. The molecule has 0 unspecified atom stereocenters. The summed E-state index contributed by atoms with van der Waals surface area (Å²) in [5.74, 6) is 1.48. The van der Waals surface area contributed by atoms with E-state index in [0.29, 0.717) is 18.8 Å². The van der Waals surface area contributed by atoms with Crippen molar-refractivity contribution in [3.05, 3.63) is 102 Å². The second-order valence-electron chi connectivity index (χ2n) is 5.95. The maximum Gasteiger partial charge on any atom is 0.247 e. The molecule has 0 saturated heterocycles. The molecular formula is C22H21NO2. The summed E-state index contributed by atoms with van der Waals surface area (Å²) in [6.45, 7) is 3.02. The quantitative estimate of drug-likeness (QED) is 0.606. The molecule has 3 nitrogen and oxygen atoms in total. The van der Waals surface area contributed by atoms with Gasteiger partial charge in [-0.2, -0.15) is 0 Å². The first-order valence-electron chi connectivity index (χ1n) is 8.32. The number of furan rings is 1. The van der Waals surface area contributed by atoms with Crippen LogP contribution in [0.2, 0.25) is 0 Å². The monoisotopic (exact) mass is 331 g/mol. The third-order valence-electron chi connectivity index (χ3n) is 3.90. The van der Waals surface area contributed by atoms with E-state index in [1.165, 1.54) is 0 Å². The second-order valence-corrected chi connectivity index (χ2v) is 5.95. The highest BCUT2D eigenvalue weighted by molar-refractivity contribution is 5.91. The lowest BCUT2D eigenvalue weighted by molar-refractivity contribution is -0.127. The first kappa shape index (κ1) is 16.8. The molecule has 3 rings (SSSR count). The Balaban J connectivity index is 1.76. The fourth-order valence-electron chi connectivity index (χ4n) is 2.62. The van der Waals surface area contributed by atoms with E-state index in [1.807, 2.05) is 84.6 Å². The third-order valence-corrected chi connectivity index (χ3v) is 3.90. The maximum atomic E-state index is 12.7. The molecule has 0 atom stereocenters.